The number of ether oxygens (including phenoxy) is 2. The highest BCUT2D eigenvalue weighted by atomic mass is 19.1. The predicted molar refractivity (Wildman–Crippen MR) is 105 cm³/mol. The monoisotopic (exact) mass is 412 g/mol. The number of hydrogen-bond donors (Lipinski definition) is 1. The van der Waals surface area contributed by atoms with Crippen molar-refractivity contribution in [2.24, 2.45) is 0 Å². The van der Waals surface area contributed by atoms with E-state index in [9.17, 15) is 9.18 Å². The summed E-state index contributed by atoms with van der Waals surface area (Å²) < 4.78 is 27.4. The fourth-order valence-corrected chi connectivity index (χ4v) is 3.96. The molecule has 1 saturated heterocycles. The van der Waals surface area contributed by atoms with Crippen molar-refractivity contribution in [2.75, 3.05) is 24.7 Å². The molecule has 3 aromatic heterocycles. The Labute approximate surface area is 171 Å². The maximum Gasteiger partial charge on any atom is 0.257 e. The van der Waals surface area contributed by atoms with Gasteiger partial charge >= 0.3 is 0 Å². The van der Waals surface area contributed by atoms with Crippen LogP contribution in [0.15, 0.2) is 30.7 Å². The number of anilines is 1. The van der Waals surface area contributed by atoms with Crippen molar-refractivity contribution in [1.82, 2.24) is 24.9 Å². The summed E-state index contributed by atoms with van der Waals surface area (Å²) in [4.78, 5) is 23.8. The predicted octanol–water partition coefficient (Wildman–Crippen LogP) is 1.74. The first-order valence-electron chi connectivity index (χ1n) is 9.81. The quantitative estimate of drug-likeness (QED) is 0.601. The summed E-state index contributed by atoms with van der Waals surface area (Å²) in [6, 6.07) is 2.54. The summed E-state index contributed by atoms with van der Waals surface area (Å²) in [5.74, 6) is 0.209. The topological polar surface area (TPSA) is 93.9 Å². The number of halogens is 1. The van der Waals surface area contributed by atoms with Crippen molar-refractivity contribution in [1.29, 1.82) is 0 Å². The summed E-state index contributed by atoms with van der Waals surface area (Å²) in [6.45, 7) is 4.83. The number of nitrogens with zero attached hydrogens (tertiary/aromatic N) is 5. The van der Waals surface area contributed by atoms with E-state index in [1.165, 1.54) is 12.3 Å². The molecule has 0 saturated carbocycles. The zero-order valence-corrected chi connectivity index (χ0v) is 16.6. The number of morpholine rings is 1. The smallest absolute Gasteiger partial charge is 0.257 e. The van der Waals surface area contributed by atoms with Crippen LogP contribution in [0.25, 0.3) is 5.65 Å². The fourth-order valence-electron chi connectivity index (χ4n) is 3.96. The lowest BCUT2D eigenvalue weighted by Crippen LogP contribution is -2.46. The molecule has 30 heavy (non-hydrogen) atoms. The first kappa shape index (κ1) is 18.7. The second-order valence-corrected chi connectivity index (χ2v) is 7.66. The molecule has 156 valence electrons. The Kier molecular flexibility index (Phi) is 4.50. The fraction of sp³-hybridized carbons (Fsp3) is 0.400. The van der Waals surface area contributed by atoms with E-state index in [0.717, 1.165) is 6.20 Å². The normalized spacial score (nSPS) is 24.2. The van der Waals surface area contributed by atoms with Crippen LogP contribution in [0.5, 0.6) is 5.88 Å². The van der Waals surface area contributed by atoms with Crippen molar-refractivity contribution in [3.63, 3.8) is 0 Å². The third kappa shape index (κ3) is 3.13. The van der Waals surface area contributed by atoms with Crippen LogP contribution in [-0.2, 0) is 4.74 Å². The molecule has 2 bridgehead atoms. The minimum absolute atomic E-state index is 0.0425. The van der Waals surface area contributed by atoms with Crippen LogP contribution in [0.1, 0.15) is 35.8 Å². The summed E-state index contributed by atoms with van der Waals surface area (Å²) in [5, 5.41) is 7.13. The van der Waals surface area contributed by atoms with Crippen molar-refractivity contribution in [3.8, 4) is 5.88 Å². The van der Waals surface area contributed by atoms with Gasteiger partial charge in [-0.1, -0.05) is 0 Å². The maximum atomic E-state index is 14.2. The molecule has 2 aliphatic rings. The van der Waals surface area contributed by atoms with E-state index in [4.69, 9.17) is 14.5 Å². The zero-order valence-electron chi connectivity index (χ0n) is 16.6. The van der Waals surface area contributed by atoms with Crippen LogP contribution in [0.4, 0.5) is 10.2 Å². The van der Waals surface area contributed by atoms with Gasteiger partial charge in [-0.25, -0.2) is 18.9 Å². The third-order valence-corrected chi connectivity index (χ3v) is 5.36. The molecule has 0 aliphatic carbocycles. The van der Waals surface area contributed by atoms with Crippen LogP contribution in [0, 0.1) is 5.82 Å². The number of hydrogen-bond acceptors (Lipinski definition) is 7. The van der Waals surface area contributed by atoms with E-state index >= 15 is 0 Å². The van der Waals surface area contributed by atoms with E-state index in [1.807, 2.05) is 19.9 Å². The molecular weight excluding hydrogens is 391 g/mol. The van der Waals surface area contributed by atoms with Crippen molar-refractivity contribution in [2.45, 2.75) is 32.0 Å². The largest absolute Gasteiger partial charge is 0.475 e. The molecule has 0 spiro atoms. The van der Waals surface area contributed by atoms with Gasteiger partial charge in [-0.15, -0.1) is 0 Å². The molecule has 3 unspecified atom stereocenters. The first-order valence-corrected chi connectivity index (χ1v) is 9.81. The van der Waals surface area contributed by atoms with Crippen molar-refractivity contribution in [3.05, 3.63) is 47.7 Å². The summed E-state index contributed by atoms with van der Waals surface area (Å²) >= 11 is 0. The molecule has 1 amide bonds. The van der Waals surface area contributed by atoms with Crippen LogP contribution >= 0.6 is 0 Å². The van der Waals surface area contributed by atoms with E-state index in [1.54, 1.807) is 10.7 Å². The lowest BCUT2D eigenvalue weighted by atomic mass is 10.0. The molecule has 5 heterocycles. The van der Waals surface area contributed by atoms with E-state index in [-0.39, 0.29) is 30.6 Å². The average Bonchev–Trinajstić information content (AvgIpc) is 3.15. The van der Waals surface area contributed by atoms with Crippen molar-refractivity contribution < 1.29 is 18.7 Å². The van der Waals surface area contributed by atoms with Crippen LogP contribution in [0.3, 0.4) is 0 Å². The summed E-state index contributed by atoms with van der Waals surface area (Å²) in [5.41, 5.74) is 1.41. The standard InChI is InChI=1S/C20H21FN6O3/c1-11-8-30-20-14(5-13(21)6-22-20)16-10-29-9-12(2)27(16)17-3-4-26-18(25-17)15(7-23-26)19(28)24-11/h3-7,11-12,16H,8-10H2,1-2H3,(H,24,28). The lowest BCUT2D eigenvalue weighted by molar-refractivity contribution is 0.0690. The van der Waals surface area contributed by atoms with Gasteiger partial charge in [0.2, 0.25) is 5.88 Å². The van der Waals surface area contributed by atoms with Gasteiger partial charge in [0.25, 0.3) is 5.91 Å². The molecule has 1 N–H and O–H groups in total. The van der Waals surface area contributed by atoms with Gasteiger partial charge in [0.05, 0.1) is 43.7 Å². The molecular formula is C20H21FN6O3. The van der Waals surface area contributed by atoms with E-state index in [0.29, 0.717) is 41.7 Å². The summed E-state index contributed by atoms with van der Waals surface area (Å²) in [7, 11) is 0. The second kappa shape index (κ2) is 7.21. The Morgan fingerprint density at radius 1 is 1.23 bits per heavy atom. The van der Waals surface area contributed by atoms with Gasteiger partial charge in [-0.3, -0.25) is 4.79 Å². The molecule has 3 atom stereocenters. The molecule has 3 aromatic rings. The number of aromatic nitrogens is 4. The highest BCUT2D eigenvalue weighted by molar-refractivity contribution is 5.99. The minimum atomic E-state index is -0.456. The molecule has 0 radical (unpaired) electrons. The number of rotatable bonds is 0. The van der Waals surface area contributed by atoms with Gasteiger partial charge in [0.1, 0.15) is 23.8 Å². The summed E-state index contributed by atoms with van der Waals surface area (Å²) in [6.07, 6.45) is 4.39. The average molecular weight is 412 g/mol. The Bertz CT molecular complexity index is 1120. The molecule has 2 aliphatic heterocycles. The highest BCUT2D eigenvalue weighted by Gasteiger charge is 2.34. The molecule has 9 nitrogen and oxygen atoms in total. The molecule has 10 heteroatoms. The number of carbonyl (C=O) groups excluding carboxylic acids is 1. The minimum Gasteiger partial charge on any atom is -0.475 e. The highest BCUT2D eigenvalue weighted by Crippen LogP contribution is 2.36. The number of nitrogens with one attached hydrogen (secondary N) is 1. The third-order valence-electron chi connectivity index (χ3n) is 5.36. The SMILES string of the molecule is CC1COc2ncc(F)cc2C2COCC(C)N2c2ccn3ncc(c3n2)C(=O)N1. The Balaban J connectivity index is 1.72. The van der Waals surface area contributed by atoms with Crippen LogP contribution in [0.2, 0.25) is 0 Å². The molecule has 0 aromatic carbocycles. The zero-order chi connectivity index (χ0) is 20.8. The number of carbonyl (C=O) groups is 1. The van der Waals surface area contributed by atoms with Gasteiger partial charge in [0, 0.05) is 11.8 Å². The number of amides is 1. The molecule has 5 rings (SSSR count). The Morgan fingerprint density at radius 2 is 2.10 bits per heavy atom. The van der Waals surface area contributed by atoms with Gasteiger partial charge in [-0.05, 0) is 26.0 Å². The van der Waals surface area contributed by atoms with E-state index < -0.39 is 5.82 Å². The van der Waals surface area contributed by atoms with Crippen LogP contribution < -0.4 is 15.0 Å². The van der Waals surface area contributed by atoms with Gasteiger partial charge < -0.3 is 19.7 Å². The lowest BCUT2D eigenvalue weighted by Gasteiger charge is -2.41. The molecule has 1 fully saturated rings. The maximum absolute atomic E-state index is 14.2. The Hall–Kier alpha value is -3.27. The van der Waals surface area contributed by atoms with E-state index in [2.05, 4.69) is 20.3 Å². The first-order chi connectivity index (χ1) is 14.5. The van der Waals surface area contributed by atoms with Crippen molar-refractivity contribution >= 4 is 17.4 Å². The van der Waals surface area contributed by atoms with Crippen LogP contribution in [-0.4, -0.2) is 57.4 Å². The number of pyridine rings is 1. The number of fused-ring (bicyclic) bond motifs is 5. The second-order valence-electron chi connectivity index (χ2n) is 7.66. The van der Waals surface area contributed by atoms with Gasteiger partial charge in [0.15, 0.2) is 5.65 Å². The van der Waals surface area contributed by atoms with Gasteiger partial charge in [-0.2, -0.15) is 5.10 Å². The Morgan fingerprint density at radius 3 is 2.97 bits per heavy atom.